The molecule has 0 spiro atoms. The number of carbonyl (C=O) groups is 1. The van der Waals surface area contributed by atoms with Gasteiger partial charge in [-0.2, -0.15) is 0 Å². The van der Waals surface area contributed by atoms with Crippen LogP contribution < -0.4 is 5.32 Å². The lowest BCUT2D eigenvalue weighted by Crippen LogP contribution is -2.04. The number of urea groups is 1. The number of carbonyl (C=O) groups excluding carboxylic acids is 1. The molecule has 7 heteroatoms. The average molecular weight is 266 g/mol. The number of fused-ring (bicyclic) bond motifs is 1. The van der Waals surface area contributed by atoms with E-state index in [2.05, 4.69) is 25.7 Å². The van der Waals surface area contributed by atoms with Crippen molar-refractivity contribution in [1.29, 1.82) is 0 Å². The van der Waals surface area contributed by atoms with Crippen LogP contribution in [-0.2, 0) is 0 Å². The van der Waals surface area contributed by atoms with Gasteiger partial charge in [0, 0.05) is 11.9 Å². The summed E-state index contributed by atoms with van der Waals surface area (Å²) in [6.07, 6.45) is 3.24. The number of nitrogens with zero attached hydrogens (tertiary/aromatic N) is 5. The smallest absolute Gasteiger partial charge is 0.305 e. The van der Waals surface area contributed by atoms with Gasteiger partial charge in [0.15, 0.2) is 5.65 Å². The minimum absolute atomic E-state index is 0.528. The van der Waals surface area contributed by atoms with E-state index in [9.17, 15) is 4.79 Å². The summed E-state index contributed by atoms with van der Waals surface area (Å²) in [6, 6.07) is 12.0. The third-order valence-electron chi connectivity index (χ3n) is 2.56. The second-order valence-electron chi connectivity index (χ2n) is 3.98. The normalized spacial score (nSPS) is 11.0. The van der Waals surface area contributed by atoms with E-state index in [0.29, 0.717) is 17.0 Å². The third kappa shape index (κ3) is 2.66. The highest BCUT2D eigenvalue weighted by Crippen LogP contribution is 2.13. The zero-order chi connectivity index (χ0) is 13.8. The van der Waals surface area contributed by atoms with Crippen molar-refractivity contribution in [3.8, 4) is 0 Å². The standard InChI is InChI=1S/C13H10N6O/c20-13(15-10-4-2-1-3-5-10)18-16-11-6-7-12-17-14-9-19(12)8-11/h1-9H,(H,15,20). The molecule has 0 fully saturated rings. The van der Waals surface area contributed by atoms with Crippen molar-refractivity contribution in [1.82, 2.24) is 14.6 Å². The molecule has 1 aromatic carbocycles. The van der Waals surface area contributed by atoms with Gasteiger partial charge in [0.2, 0.25) is 0 Å². The Morgan fingerprint density at radius 2 is 2.00 bits per heavy atom. The van der Waals surface area contributed by atoms with Gasteiger partial charge in [0.25, 0.3) is 0 Å². The maximum Gasteiger partial charge on any atom is 0.364 e. The van der Waals surface area contributed by atoms with Crippen LogP contribution in [0.2, 0.25) is 0 Å². The molecule has 0 saturated heterocycles. The Balaban J connectivity index is 1.71. The maximum atomic E-state index is 11.6. The number of para-hydroxylation sites is 1. The first-order chi connectivity index (χ1) is 9.81. The van der Waals surface area contributed by atoms with Crippen LogP contribution in [0.3, 0.4) is 0 Å². The van der Waals surface area contributed by atoms with E-state index >= 15 is 0 Å². The predicted molar refractivity (Wildman–Crippen MR) is 73.0 cm³/mol. The molecule has 98 valence electrons. The molecule has 3 rings (SSSR count). The summed E-state index contributed by atoms with van der Waals surface area (Å²) in [6.45, 7) is 0. The Morgan fingerprint density at radius 1 is 1.15 bits per heavy atom. The fourth-order valence-corrected chi connectivity index (χ4v) is 1.65. The number of azo groups is 1. The van der Waals surface area contributed by atoms with Crippen LogP contribution >= 0.6 is 0 Å². The summed E-state index contributed by atoms with van der Waals surface area (Å²) in [5.41, 5.74) is 1.92. The summed E-state index contributed by atoms with van der Waals surface area (Å²) in [7, 11) is 0. The zero-order valence-corrected chi connectivity index (χ0v) is 10.3. The summed E-state index contributed by atoms with van der Waals surface area (Å²) in [5.74, 6) is 0. The number of pyridine rings is 1. The van der Waals surface area contributed by atoms with Crippen LogP contribution in [0.4, 0.5) is 16.2 Å². The van der Waals surface area contributed by atoms with E-state index in [1.807, 2.05) is 18.2 Å². The Labute approximate surface area is 114 Å². The van der Waals surface area contributed by atoms with E-state index < -0.39 is 6.03 Å². The second kappa shape index (κ2) is 5.27. The highest BCUT2D eigenvalue weighted by Gasteiger charge is 2.00. The van der Waals surface area contributed by atoms with Gasteiger partial charge >= 0.3 is 6.03 Å². The molecule has 0 atom stereocenters. The first kappa shape index (κ1) is 12.0. The largest absolute Gasteiger partial charge is 0.364 e. The van der Waals surface area contributed by atoms with Crippen molar-refractivity contribution in [2.45, 2.75) is 0 Å². The van der Waals surface area contributed by atoms with Gasteiger partial charge in [-0.15, -0.1) is 15.3 Å². The molecular weight excluding hydrogens is 256 g/mol. The molecular formula is C13H10N6O. The van der Waals surface area contributed by atoms with Gasteiger partial charge in [-0.3, -0.25) is 4.40 Å². The lowest BCUT2D eigenvalue weighted by atomic mass is 10.3. The van der Waals surface area contributed by atoms with Crippen LogP contribution in [0.25, 0.3) is 5.65 Å². The van der Waals surface area contributed by atoms with Crippen LogP contribution in [0.1, 0.15) is 0 Å². The maximum absolute atomic E-state index is 11.6. The molecule has 0 saturated carbocycles. The molecule has 0 aliphatic carbocycles. The van der Waals surface area contributed by atoms with Gasteiger partial charge in [-0.25, -0.2) is 4.79 Å². The number of hydrogen-bond donors (Lipinski definition) is 1. The predicted octanol–water partition coefficient (Wildman–Crippen LogP) is 3.05. The van der Waals surface area contributed by atoms with Gasteiger partial charge in [-0.05, 0) is 24.3 Å². The molecule has 7 nitrogen and oxygen atoms in total. The Morgan fingerprint density at radius 3 is 2.85 bits per heavy atom. The molecule has 1 N–H and O–H groups in total. The number of anilines is 1. The lowest BCUT2D eigenvalue weighted by molar-refractivity contribution is 0.258. The average Bonchev–Trinajstić information content (AvgIpc) is 2.93. The summed E-state index contributed by atoms with van der Waals surface area (Å²) >= 11 is 0. The van der Waals surface area contributed by atoms with E-state index in [0.717, 1.165) is 0 Å². The molecule has 2 amide bonds. The minimum atomic E-state index is -0.528. The van der Waals surface area contributed by atoms with Crippen LogP contribution in [0, 0.1) is 0 Å². The first-order valence-corrected chi connectivity index (χ1v) is 5.88. The summed E-state index contributed by atoms with van der Waals surface area (Å²) in [5, 5.41) is 17.7. The SMILES string of the molecule is O=C(N=Nc1ccc2nncn2c1)Nc1ccccc1. The highest BCUT2D eigenvalue weighted by molar-refractivity contribution is 5.89. The van der Waals surface area contributed by atoms with Crippen molar-refractivity contribution in [2.75, 3.05) is 5.32 Å². The monoisotopic (exact) mass is 266 g/mol. The molecule has 3 aromatic rings. The fourth-order valence-electron chi connectivity index (χ4n) is 1.65. The Hall–Kier alpha value is -3.09. The molecule has 0 aliphatic heterocycles. The third-order valence-corrected chi connectivity index (χ3v) is 2.56. The Bertz CT molecular complexity index is 765. The van der Waals surface area contributed by atoms with Crippen molar-refractivity contribution in [3.63, 3.8) is 0 Å². The van der Waals surface area contributed by atoms with E-state index in [4.69, 9.17) is 0 Å². The molecule has 0 radical (unpaired) electrons. The van der Waals surface area contributed by atoms with Crippen LogP contribution in [0.15, 0.2) is 65.2 Å². The summed E-state index contributed by atoms with van der Waals surface area (Å²) < 4.78 is 1.70. The molecule has 2 aromatic heterocycles. The second-order valence-corrected chi connectivity index (χ2v) is 3.98. The number of benzene rings is 1. The van der Waals surface area contributed by atoms with Crippen molar-refractivity contribution in [2.24, 2.45) is 10.2 Å². The number of rotatable bonds is 2. The van der Waals surface area contributed by atoms with E-state index in [1.165, 1.54) is 0 Å². The van der Waals surface area contributed by atoms with Crippen LogP contribution in [0.5, 0.6) is 0 Å². The highest BCUT2D eigenvalue weighted by atomic mass is 16.2. The molecule has 0 aliphatic rings. The van der Waals surface area contributed by atoms with Crippen molar-refractivity contribution >= 4 is 23.1 Å². The van der Waals surface area contributed by atoms with E-state index in [-0.39, 0.29) is 0 Å². The van der Waals surface area contributed by atoms with Gasteiger partial charge in [-0.1, -0.05) is 23.3 Å². The summed E-state index contributed by atoms with van der Waals surface area (Å²) in [4.78, 5) is 11.6. The first-order valence-electron chi connectivity index (χ1n) is 5.88. The fraction of sp³-hybridized carbons (Fsp3) is 0. The van der Waals surface area contributed by atoms with Gasteiger partial charge in [0.1, 0.15) is 12.0 Å². The topological polar surface area (TPSA) is 84.0 Å². The van der Waals surface area contributed by atoms with Crippen molar-refractivity contribution in [3.05, 3.63) is 55.0 Å². The van der Waals surface area contributed by atoms with Crippen LogP contribution in [-0.4, -0.2) is 20.6 Å². The minimum Gasteiger partial charge on any atom is -0.305 e. The van der Waals surface area contributed by atoms with Gasteiger partial charge < -0.3 is 5.32 Å². The molecule has 2 heterocycles. The number of nitrogens with one attached hydrogen (secondary N) is 1. The molecule has 20 heavy (non-hydrogen) atoms. The zero-order valence-electron chi connectivity index (χ0n) is 10.3. The number of amides is 2. The molecule has 0 unspecified atom stereocenters. The quantitative estimate of drug-likeness (QED) is 0.723. The molecule has 0 bridgehead atoms. The number of hydrogen-bond acceptors (Lipinski definition) is 4. The van der Waals surface area contributed by atoms with Crippen molar-refractivity contribution < 1.29 is 4.79 Å². The lowest BCUT2D eigenvalue weighted by Gasteiger charge is -1.99. The van der Waals surface area contributed by atoms with Gasteiger partial charge in [0.05, 0.1) is 0 Å². The number of aromatic nitrogens is 3. The van der Waals surface area contributed by atoms with E-state index in [1.54, 1.807) is 41.2 Å². The Kier molecular flexibility index (Phi) is 3.15.